The molecule has 1 unspecified atom stereocenters. The Morgan fingerprint density at radius 2 is 2.00 bits per heavy atom. The summed E-state index contributed by atoms with van der Waals surface area (Å²) < 4.78 is 6.65. The van der Waals surface area contributed by atoms with Gasteiger partial charge in [0.15, 0.2) is 6.61 Å². The number of carbonyl (C=O) groups excluding carboxylic acids is 2. The van der Waals surface area contributed by atoms with E-state index in [0.717, 1.165) is 18.4 Å². The summed E-state index contributed by atoms with van der Waals surface area (Å²) in [7, 11) is 0. The van der Waals surface area contributed by atoms with Crippen molar-refractivity contribution >= 4 is 23.5 Å². The number of rotatable bonds is 8. The molecule has 1 amide bonds. The second kappa shape index (κ2) is 9.38. The highest BCUT2D eigenvalue weighted by Gasteiger charge is 2.22. The fourth-order valence-electron chi connectivity index (χ4n) is 2.67. The number of aromatic nitrogens is 2. The van der Waals surface area contributed by atoms with Gasteiger partial charge in [0.25, 0.3) is 5.91 Å². The summed E-state index contributed by atoms with van der Waals surface area (Å²) in [6, 6.07) is 9.72. The SMILES string of the molecule is CCCC(C)NC(=O)COC(=O)c1c(C)nn(Cc2ccccc2)c1Cl. The molecule has 1 heterocycles. The molecule has 0 aliphatic heterocycles. The van der Waals surface area contributed by atoms with Crippen LogP contribution in [0.25, 0.3) is 0 Å². The second-order valence-corrected chi connectivity index (χ2v) is 6.59. The van der Waals surface area contributed by atoms with Gasteiger partial charge in [-0.15, -0.1) is 0 Å². The topological polar surface area (TPSA) is 73.2 Å². The molecular weight excluding hydrogens is 354 g/mol. The number of nitrogens with one attached hydrogen (secondary N) is 1. The lowest BCUT2D eigenvalue weighted by molar-refractivity contribution is -0.124. The van der Waals surface area contributed by atoms with Crippen LogP contribution < -0.4 is 5.32 Å². The molecule has 0 saturated carbocycles. The van der Waals surface area contributed by atoms with Crippen molar-refractivity contribution in [2.24, 2.45) is 0 Å². The van der Waals surface area contributed by atoms with Crippen LogP contribution in [-0.2, 0) is 16.1 Å². The normalized spacial score (nSPS) is 11.8. The van der Waals surface area contributed by atoms with Gasteiger partial charge in [0.2, 0.25) is 0 Å². The van der Waals surface area contributed by atoms with Gasteiger partial charge in [0, 0.05) is 6.04 Å². The maximum absolute atomic E-state index is 12.3. The lowest BCUT2D eigenvalue weighted by atomic mass is 10.2. The lowest BCUT2D eigenvalue weighted by Crippen LogP contribution is -2.35. The second-order valence-electron chi connectivity index (χ2n) is 6.23. The van der Waals surface area contributed by atoms with Crippen LogP contribution in [0.5, 0.6) is 0 Å². The third kappa shape index (κ3) is 5.33. The van der Waals surface area contributed by atoms with Crippen molar-refractivity contribution in [2.75, 3.05) is 6.61 Å². The molecule has 0 spiro atoms. The molecule has 0 aliphatic carbocycles. The molecule has 0 fully saturated rings. The number of nitrogens with zero attached hydrogens (tertiary/aromatic N) is 2. The monoisotopic (exact) mass is 377 g/mol. The van der Waals surface area contributed by atoms with Crippen molar-refractivity contribution in [3.63, 3.8) is 0 Å². The summed E-state index contributed by atoms with van der Waals surface area (Å²) >= 11 is 6.31. The van der Waals surface area contributed by atoms with Crippen molar-refractivity contribution in [3.05, 3.63) is 52.3 Å². The van der Waals surface area contributed by atoms with E-state index in [0.29, 0.717) is 12.2 Å². The molecule has 6 nitrogen and oxygen atoms in total. The highest BCUT2D eigenvalue weighted by Crippen LogP contribution is 2.21. The Bertz CT molecular complexity index is 759. The predicted molar refractivity (Wildman–Crippen MR) is 100 cm³/mol. The third-order valence-electron chi connectivity index (χ3n) is 3.91. The quantitative estimate of drug-likeness (QED) is 0.716. The van der Waals surface area contributed by atoms with Crippen LogP contribution in [0.15, 0.2) is 30.3 Å². The summed E-state index contributed by atoms with van der Waals surface area (Å²) in [6.07, 6.45) is 1.84. The summed E-state index contributed by atoms with van der Waals surface area (Å²) in [5.74, 6) is -0.977. The minimum atomic E-state index is -0.648. The van der Waals surface area contributed by atoms with Crippen LogP contribution in [0.1, 0.15) is 48.3 Å². The maximum atomic E-state index is 12.3. The van der Waals surface area contributed by atoms with Gasteiger partial charge >= 0.3 is 5.97 Å². The van der Waals surface area contributed by atoms with Gasteiger partial charge in [-0.1, -0.05) is 55.3 Å². The Morgan fingerprint density at radius 3 is 2.65 bits per heavy atom. The van der Waals surface area contributed by atoms with E-state index in [1.807, 2.05) is 44.2 Å². The number of esters is 1. The first-order valence-corrected chi connectivity index (χ1v) is 9.03. The number of hydrogen-bond donors (Lipinski definition) is 1. The first-order chi connectivity index (χ1) is 12.4. The van der Waals surface area contributed by atoms with Crippen LogP contribution in [0.4, 0.5) is 0 Å². The van der Waals surface area contributed by atoms with Crippen molar-refractivity contribution in [2.45, 2.75) is 46.2 Å². The number of ether oxygens (including phenoxy) is 1. The number of benzene rings is 1. The molecule has 2 aromatic rings. The fourth-order valence-corrected chi connectivity index (χ4v) is 2.98. The number of amides is 1. The van der Waals surface area contributed by atoms with E-state index in [1.54, 1.807) is 11.6 Å². The Labute approximate surface area is 158 Å². The number of aryl methyl sites for hydroxylation is 1. The molecule has 26 heavy (non-hydrogen) atoms. The van der Waals surface area contributed by atoms with Gasteiger partial charge < -0.3 is 10.1 Å². The summed E-state index contributed by atoms with van der Waals surface area (Å²) in [5.41, 5.74) is 1.67. The lowest BCUT2D eigenvalue weighted by Gasteiger charge is -2.12. The third-order valence-corrected chi connectivity index (χ3v) is 4.29. The van der Waals surface area contributed by atoms with Crippen LogP contribution in [0, 0.1) is 6.92 Å². The first kappa shape index (κ1) is 20.0. The highest BCUT2D eigenvalue weighted by atomic mass is 35.5. The fraction of sp³-hybridized carbons (Fsp3) is 0.421. The Balaban J connectivity index is 2.00. The van der Waals surface area contributed by atoms with E-state index in [2.05, 4.69) is 10.4 Å². The van der Waals surface area contributed by atoms with E-state index < -0.39 is 5.97 Å². The van der Waals surface area contributed by atoms with Gasteiger partial charge in [0.05, 0.1) is 12.2 Å². The van der Waals surface area contributed by atoms with Gasteiger partial charge in [-0.05, 0) is 25.8 Å². The minimum Gasteiger partial charge on any atom is -0.452 e. The van der Waals surface area contributed by atoms with Gasteiger partial charge in [-0.3, -0.25) is 4.79 Å². The molecule has 0 aliphatic rings. The minimum absolute atomic E-state index is 0.0464. The Kier molecular flexibility index (Phi) is 7.21. The molecule has 0 bridgehead atoms. The molecule has 0 saturated heterocycles. The predicted octanol–water partition coefficient (Wildman–Crippen LogP) is 3.35. The Hall–Kier alpha value is -2.34. The Morgan fingerprint density at radius 1 is 1.31 bits per heavy atom. The van der Waals surface area contributed by atoms with Crippen LogP contribution in [-0.4, -0.2) is 34.3 Å². The van der Waals surface area contributed by atoms with Gasteiger partial charge in [-0.2, -0.15) is 5.10 Å². The zero-order valence-electron chi connectivity index (χ0n) is 15.3. The molecule has 1 aromatic carbocycles. The molecule has 0 radical (unpaired) electrons. The molecule has 2 rings (SSSR count). The molecular formula is C19H24ClN3O3. The number of halogens is 1. The molecule has 1 aromatic heterocycles. The van der Waals surface area contributed by atoms with Gasteiger partial charge in [-0.25, -0.2) is 9.48 Å². The maximum Gasteiger partial charge on any atom is 0.343 e. The summed E-state index contributed by atoms with van der Waals surface area (Å²) in [4.78, 5) is 24.2. The smallest absolute Gasteiger partial charge is 0.343 e. The van der Waals surface area contributed by atoms with Crippen LogP contribution >= 0.6 is 11.6 Å². The van der Waals surface area contributed by atoms with Crippen LogP contribution in [0.3, 0.4) is 0 Å². The van der Waals surface area contributed by atoms with E-state index >= 15 is 0 Å². The first-order valence-electron chi connectivity index (χ1n) is 8.65. The van der Waals surface area contributed by atoms with Crippen molar-refractivity contribution in [1.82, 2.24) is 15.1 Å². The van der Waals surface area contributed by atoms with Crippen molar-refractivity contribution < 1.29 is 14.3 Å². The molecule has 1 N–H and O–H groups in total. The number of hydrogen-bond acceptors (Lipinski definition) is 4. The zero-order valence-corrected chi connectivity index (χ0v) is 16.0. The van der Waals surface area contributed by atoms with E-state index in [4.69, 9.17) is 16.3 Å². The largest absolute Gasteiger partial charge is 0.452 e. The van der Waals surface area contributed by atoms with E-state index in [-0.39, 0.29) is 29.3 Å². The molecule has 1 atom stereocenters. The standard InChI is InChI=1S/C19H24ClN3O3/c1-4-8-13(2)21-16(24)12-26-19(25)17-14(3)22-23(18(17)20)11-15-9-6-5-7-10-15/h5-7,9-10,13H,4,8,11-12H2,1-3H3,(H,21,24). The van der Waals surface area contributed by atoms with E-state index in [1.165, 1.54) is 0 Å². The van der Waals surface area contributed by atoms with E-state index in [9.17, 15) is 9.59 Å². The zero-order chi connectivity index (χ0) is 19.1. The molecule has 140 valence electrons. The number of carbonyl (C=O) groups is 2. The van der Waals surface area contributed by atoms with Crippen molar-refractivity contribution in [1.29, 1.82) is 0 Å². The van der Waals surface area contributed by atoms with Crippen molar-refractivity contribution in [3.8, 4) is 0 Å². The summed E-state index contributed by atoms with van der Waals surface area (Å²) in [6.45, 7) is 5.75. The average molecular weight is 378 g/mol. The van der Waals surface area contributed by atoms with Gasteiger partial charge in [0.1, 0.15) is 10.7 Å². The highest BCUT2D eigenvalue weighted by molar-refractivity contribution is 6.32. The average Bonchev–Trinajstić information content (AvgIpc) is 2.87. The van der Waals surface area contributed by atoms with Crippen LogP contribution in [0.2, 0.25) is 5.15 Å². The molecule has 7 heteroatoms. The summed E-state index contributed by atoms with van der Waals surface area (Å²) in [5, 5.41) is 7.30.